The van der Waals surface area contributed by atoms with Crippen LogP contribution in [0.15, 0.2) is 41.3 Å². The molecule has 1 heterocycles. The van der Waals surface area contributed by atoms with Gasteiger partial charge >= 0.3 is 0 Å². The number of carbonyl (C=O) groups is 2. The summed E-state index contributed by atoms with van der Waals surface area (Å²) in [6, 6.07) is 9.97. The summed E-state index contributed by atoms with van der Waals surface area (Å²) in [6.45, 7) is 11.7. The molecule has 1 saturated heterocycles. The van der Waals surface area contributed by atoms with Gasteiger partial charge < -0.3 is 10.2 Å². The molecule has 1 N–H and O–H groups in total. The van der Waals surface area contributed by atoms with Gasteiger partial charge in [-0.05, 0) is 87.9 Å². The van der Waals surface area contributed by atoms with Crippen molar-refractivity contribution in [1.82, 2.24) is 9.21 Å². The lowest BCUT2D eigenvalue weighted by molar-refractivity contribution is 0.0772. The molecule has 0 bridgehead atoms. The molecule has 2 aromatic carbocycles. The lowest BCUT2D eigenvalue weighted by Crippen LogP contribution is -2.38. The average molecular weight is 486 g/mol. The molecular formula is C26H35N3O4S. The summed E-state index contributed by atoms with van der Waals surface area (Å²) in [7, 11) is -3.70. The highest BCUT2D eigenvalue weighted by molar-refractivity contribution is 7.89. The Morgan fingerprint density at radius 2 is 1.68 bits per heavy atom. The molecule has 0 radical (unpaired) electrons. The number of piperidine rings is 1. The molecule has 0 atom stereocenters. The Labute approximate surface area is 203 Å². The van der Waals surface area contributed by atoms with Gasteiger partial charge in [-0.15, -0.1) is 0 Å². The van der Waals surface area contributed by atoms with Crippen molar-refractivity contribution in [1.29, 1.82) is 0 Å². The topological polar surface area (TPSA) is 86.8 Å². The van der Waals surface area contributed by atoms with E-state index < -0.39 is 15.9 Å². The van der Waals surface area contributed by atoms with Gasteiger partial charge in [0.15, 0.2) is 0 Å². The van der Waals surface area contributed by atoms with Gasteiger partial charge in [0.05, 0.1) is 4.90 Å². The quantitative estimate of drug-likeness (QED) is 0.627. The van der Waals surface area contributed by atoms with E-state index >= 15 is 0 Å². The number of aryl methyl sites for hydroxylation is 1. The molecule has 0 unspecified atom stereocenters. The van der Waals surface area contributed by atoms with Crippen LogP contribution in [0.25, 0.3) is 0 Å². The van der Waals surface area contributed by atoms with Gasteiger partial charge in [0.2, 0.25) is 10.0 Å². The zero-order valence-electron chi connectivity index (χ0n) is 20.7. The molecule has 0 saturated carbocycles. The molecule has 3 rings (SSSR count). The zero-order chi connectivity index (χ0) is 25.0. The molecule has 1 fully saturated rings. The van der Waals surface area contributed by atoms with Crippen molar-refractivity contribution in [2.45, 2.75) is 52.4 Å². The number of carbonyl (C=O) groups excluding carboxylic acids is 2. The molecule has 0 spiro atoms. The van der Waals surface area contributed by atoms with E-state index in [-0.39, 0.29) is 16.4 Å². The highest BCUT2D eigenvalue weighted by Crippen LogP contribution is 2.28. The van der Waals surface area contributed by atoms with E-state index in [9.17, 15) is 18.0 Å². The second-order valence-corrected chi connectivity index (χ2v) is 10.9. The smallest absolute Gasteiger partial charge is 0.255 e. The van der Waals surface area contributed by atoms with Gasteiger partial charge in [-0.3, -0.25) is 9.59 Å². The summed E-state index contributed by atoms with van der Waals surface area (Å²) < 4.78 is 28.3. The third-order valence-corrected chi connectivity index (χ3v) is 8.69. The van der Waals surface area contributed by atoms with Crippen molar-refractivity contribution >= 4 is 27.5 Å². The van der Waals surface area contributed by atoms with Crippen LogP contribution in [-0.4, -0.2) is 55.6 Å². The molecule has 0 aromatic heterocycles. The Morgan fingerprint density at radius 3 is 2.29 bits per heavy atom. The van der Waals surface area contributed by atoms with E-state index in [1.807, 2.05) is 20.8 Å². The molecule has 7 nitrogen and oxygen atoms in total. The van der Waals surface area contributed by atoms with E-state index in [0.29, 0.717) is 48.9 Å². The van der Waals surface area contributed by atoms with E-state index in [4.69, 9.17) is 0 Å². The first-order valence-corrected chi connectivity index (χ1v) is 13.3. The summed E-state index contributed by atoms with van der Waals surface area (Å²) >= 11 is 0. The minimum atomic E-state index is -3.70. The molecular weight excluding hydrogens is 450 g/mol. The largest absolute Gasteiger partial charge is 0.339 e. The van der Waals surface area contributed by atoms with Crippen molar-refractivity contribution < 1.29 is 18.0 Å². The van der Waals surface area contributed by atoms with Gasteiger partial charge in [-0.1, -0.05) is 13.0 Å². The summed E-state index contributed by atoms with van der Waals surface area (Å²) in [6.07, 6.45) is 1.67. The van der Waals surface area contributed by atoms with Crippen LogP contribution in [0.5, 0.6) is 0 Å². The second kappa shape index (κ2) is 10.7. The molecule has 0 aliphatic carbocycles. The summed E-state index contributed by atoms with van der Waals surface area (Å²) in [4.78, 5) is 27.6. The molecule has 184 valence electrons. The Morgan fingerprint density at radius 1 is 1.03 bits per heavy atom. The van der Waals surface area contributed by atoms with Crippen LogP contribution in [-0.2, 0) is 10.0 Å². The van der Waals surface area contributed by atoms with Gasteiger partial charge in [-0.2, -0.15) is 4.31 Å². The zero-order valence-corrected chi connectivity index (χ0v) is 21.5. The number of rotatable bonds is 7. The van der Waals surface area contributed by atoms with Gasteiger partial charge in [0.1, 0.15) is 0 Å². The Balaban J connectivity index is 1.87. The molecule has 2 amide bonds. The van der Waals surface area contributed by atoms with Gasteiger partial charge in [0, 0.05) is 43.0 Å². The predicted octanol–water partition coefficient (Wildman–Crippen LogP) is 4.46. The minimum Gasteiger partial charge on any atom is -0.339 e. The van der Waals surface area contributed by atoms with Crippen molar-refractivity contribution in [2.24, 2.45) is 5.92 Å². The van der Waals surface area contributed by atoms with Gasteiger partial charge in [-0.25, -0.2) is 8.42 Å². The first-order chi connectivity index (χ1) is 16.1. The van der Waals surface area contributed by atoms with E-state index in [1.54, 1.807) is 42.2 Å². The second-order valence-electron chi connectivity index (χ2n) is 9.02. The normalized spacial score (nSPS) is 15.2. The van der Waals surface area contributed by atoms with Crippen LogP contribution < -0.4 is 5.32 Å². The Kier molecular flexibility index (Phi) is 8.15. The number of benzene rings is 2. The number of hydrogen-bond acceptors (Lipinski definition) is 4. The first-order valence-electron chi connectivity index (χ1n) is 11.9. The maximum Gasteiger partial charge on any atom is 0.255 e. The number of anilines is 1. The van der Waals surface area contributed by atoms with Crippen LogP contribution in [0.2, 0.25) is 0 Å². The molecule has 34 heavy (non-hydrogen) atoms. The third kappa shape index (κ3) is 5.50. The number of amides is 2. The van der Waals surface area contributed by atoms with Crippen LogP contribution in [0, 0.1) is 19.8 Å². The average Bonchev–Trinajstić information content (AvgIpc) is 2.81. The van der Waals surface area contributed by atoms with Crippen LogP contribution in [0.3, 0.4) is 0 Å². The minimum absolute atomic E-state index is 0.100. The predicted molar refractivity (Wildman–Crippen MR) is 135 cm³/mol. The number of hydrogen-bond donors (Lipinski definition) is 1. The lowest BCUT2D eigenvalue weighted by Gasteiger charge is -2.30. The molecule has 1 aliphatic rings. The van der Waals surface area contributed by atoms with Crippen molar-refractivity contribution in [3.8, 4) is 0 Å². The van der Waals surface area contributed by atoms with Crippen molar-refractivity contribution in [3.05, 3.63) is 58.7 Å². The first kappa shape index (κ1) is 25.9. The molecule has 1 aliphatic heterocycles. The monoisotopic (exact) mass is 485 g/mol. The Hall–Kier alpha value is -2.71. The van der Waals surface area contributed by atoms with Crippen LogP contribution in [0.1, 0.15) is 65.5 Å². The summed E-state index contributed by atoms with van der Waals surface area (Å²) in [5, 5.41) is 2.82. The van der Waals surface area contributed by atoms with Crippen LogP contribution >= 0.6 is 0 Å². The van der Waals surface area contributed by atoms with Crippen molar-refractivity contribution in [3.63, 3.8) is 0 Å². The molecule has 8 heteroatoms. The maximum atomic E-state index is 13.4. The fraction of sp³-hybridized carbons (Fsp3) is 0.462. The summed E-state index contributed by atoms with van der Waals surface area (Å²) in [5.41, 5.74) is 2.64. The number of nitrogens with one attached hydrogen (secondary N) is 1. The lowest BCUT2D eigenvalue weighted by atomic mass is 10.0. The highest BCUT2D eigenvalue weighted by atomic mass is 32.2. The number of sulfonamides is 1. The fourth-order valence-electron chi connectivity index (χ4n) is 4.22. The Bertz CT molecular complexity index is 1160. The van der Waals surface area contributed by atoms with Crippen LogP contribution in [0.4, 0.5) is 5.69 Å². The SMILES string of the molecule is CCN(CC)C(=O)c1cccc(NC(=O)c2cc(C)c(C)c(S(=O)(=O)N3CCC(C)CC3)c2)c1. The number of nitrogens with zero attached hydrogens (tertiary/aromatic N) is 2. The maximum absolute atomic E-state index is 13.4. The summed E-state index contributed by atoms with van der Waals surface area (Å²) in [5.74, 6) is -0.00784. The van der Waals surface area contributed by atoms with Gasteiger partial charge in [0.25, 0.3) is 11.8 Å². The van der Waals surface area contributed by atoms with E-state index in [0.717, 1.165) is 18.4 Å². The van der Waals surface area contributed by atoms with Crippen molar-refractivity contribution in [2.75, 3.05) is 31.5 Å². The molecule has 2 aromatic rings. The highest BCUT2D eigenvalue weighted by Gasteiger charge is 2.30. The van der Waals surface area contributed by atoms with E-state index in [1.165, 1.54) is 10.4 Å². The van der Waals surface area contributed by atoms with E-state index in [2.05, 4.69) is 12.2 Å². The third-order valence-electron chi connectivity index (χ3n) is 6.66. The standard InChI is InChI=1S/C26H35N3O4S/c1-6-28(7-2)26(31)21-9-8-10-23(16-21)27-25(30)22-15-19(4)20(5)24(17-22)34(32,33)29-13-11-18(3)12-14-29/h8-10,15-18H,6-7,11-14H2,1-5H3,(H,27,30). The fourth-order valence-corrected chi connectivity index (χ4v) is 6.01.